The van der Waals surface area contributed by atoms with Gasteiger partial charge in [0, 0.05) is 37.8 Å². The molecule has 3 rings (SSSR count). The van der Waals surface area contributed by atoms with E-state index in [2.05, 4.69) is 40.6 Å². The van der Waals surface area contributed by atoms with Crippen LogP contribution in [0.15, 0.2) is 18.6 Å². The molecule has 0 atom stereocenters. The van der Waals surface area contributed by atoms with Crippen molar-refractivity contribution in [1.29, 1.82) is 0 Å². The maximum Gasteiger partial charge on any atom is 0.273 e. The van der Waals surface area contributed by atoms with Crippen molar-refractivity contribution in [3.8, 4) is 0 Å². The smallest absolute Gasteiger partial charge is 0.273 e. The van der Waals surface area contributed by atoms with Gasteiger partial charge in [0.25, 0.3) is 5.91 Å². The van der Waals surface area contributed by atoms with E-state index in [1.54, 1.807) is 20.3 Å². The molecule has 7 nitrogen and oxygen atoms in total. The third kappa shape index (κ3) is 3.06. The van der Waals surface area contributed by atoms with Gasteiger partial charge >= 0.3 is 0 Å². The molecular formula is C17H22N6O. The van der Waals surface area contributed by atoms with Crippen LogP contribution in [0, 0.1) is 0 Å². The first kappa shape index (κ1) is 16.3. The minimum Gasteiger partial charge on any atom is -0.345 e. The van der Waals surface area contributed by atoms with Gasteiger partial charge in [0.2, 0.25) is 0 Å². The molecular weight excluding hydrogens is 304 g/mol. The number of anilines is 1. The molecule has 0 saturated heterocycles. The summed E-state index contributed by atoms with van der Waals surface area (Å²) < 4.78 is 0. The standard InChI is InChI=1S/C17H22N6O/c1-17(2,3)16-19-6-11-9-23(10-13(11)21-16)14-8-18-7-12(20-14)15(24)22(4)5/h6-8H,9-10H2,1-5H3. The zero-order valence-electron chi connectivity index (χ0n) is 14.7. The van der Waals surface area contributed by atoms with Crippen molar-refractivity contribution in [3.63, 3.8) is 0 Å². The van der Waals surface area contributed by atoms with Crippen molar-refractivity contribution in [2.75, 3.05) is 19.0 Å². The second-order valence-electron chi connectivity index (χ2n) is 7.23. The maximum atomic E-state index is 12.1. The van der Waals surface area contributed by atoms with E-state index in [1.165, 1.54) is 11.1 Å². The van der Waals surface area contributed by atoms with E-state index in [0.29, 0.717) is 24.6 Å². The summed E-state index contributed by atoms with van der Waals surface area (Å²) in [6.07, 6.45) is 5.06. The van der Waals surface area contributed by atoms with Crippen molar-refractivity contribution in [2.24, 2.45) is 0 Å². The largest absolute Gasteiger partial charge is 0.345 e. The van der Waals surface area contributed by atoms with E-state index < -0.39 is 0 Å². The summed E-state index contributed by atoms with van der Waals surface area (Å²) in [4.78, 5) is 33.4. The molecule has 0 unspecified atom stereocenters. The van der Waals surface area contributed by atoms with Gasteiger partial charge in [-0.15, -0.1) is 0 Å². The molecule has 0 aromatic carbocycles. The topological polar surface area (TPSA) is 75.1 Å². The van der Waals surface area contributed by atoms with Crippen LogP contribution < -0.4 is 4.90 Å². The minimum atomic E-state index is -0.157. The highest BCUT2D eigenvalue weighted by Gasteiger charge is 2.26. The summed E-state index contributed by atoms with van der Waals surface area (Å²) in [5, 5.41) is 0. The van der Waals surface area contributed by atoms with Gasteiger partial charge in [0.05, 0.1) is 24.6 Å². The lowest BCUT2D eigenvalue weighted by atomic mass is 9.95. The van der Waals surface area contributed by atoms with Crippen LogP contribution in [0.3, 0.4) is 0 Å². The molecule has 24 heavy (non-hydrogen) atoms. The van der Waals surface area contributed by atoms with Crippen molar-refractivity contribution < 1.29 is 4.79 Å². The predicted octanol–water partition coefficient (Wildman–Crippen LogP) is 1.79. The van der Waals surface area contributed by atoms with E-state index in [9.17, 15) is 4.79 Å². The fraction of sp³-hybridized carbons (Fsp3) is 0.471. The molecule has 3 heterocycles. The molecule has 126 valence electrons. The summed E-state index contributed by atoms with van der Waals surface area (Å²) in [7, 11) is 3.40. The molecule has 0 N–H and O–H groups in total. The zero-order chi connectivity index (χ0) is 17.5. The van der Waals surface area contributed by atoms with Gasteiger partial charge in [-0.25, -0.2) is 15.0 Å². The fourth-order valence-electron chi connectivity index (χ4n) is 2.52. The maximum absolute atomic E-state index is 12.1. The Morgan fingerprint density at radius 1 is 1.12 bits per heavy atom. The predicted molar refractivity (Wildman–Crippen MR) is 90.7 cm³/mol. The highest BCUT2D eigenvalue weighted by molar-refractivity contribution is 5.91. The van der Waals surface area contributed by atoms with Crippen LogP contribution in [0.4, 0.5) is 5.82 Å². The Hall–Kier alpha value is -2.57. The molecule has 0 aliphatic carbocycles. The number of hydrogen-bond donors (Lipinski definition) is 0. The summed E-state index contributed by atoms with van der Waals surface area (Å²) in [6.45, 7) is 7.62. The monoisotopic (exact) mass is 326 g/mol. The van der Waals surface area contributed by atoms with Crippen molar-refractivity contribution in [3.05, 3.63) is 41.4 Å². The molecule has 1 amide bonds. The zero-order valence-corrected chi connectivity index (χ0v) is 14.7. The number of amides is 1. The van der Waals surface area contributed by atoms with Crippen molar-refractivity contribution in [1.82, 2.24) is 24.8 Å². The molecule has 2 aromatic rings. The first-order valence-corrected chi connectivity index (χ1v) is 7.89. The van der Waals surface area contributed by atoms with Crippen LogP contribution in [0.1, 0.15) is 48.3 Å². The SMILES string of the molecule is CN(C)C(=O)c1cncc(N2Cc3cnc(C(C)(C)C)nc3C2)n1. The van der Waals surface area contributed by atoms with Gasteiger partial charge in [0.15, 0.2) is 0 Å². The number of aromatic nitrogens is 4. The number of hydrogen-bond acceptors (Lipinski definition) is 6. The first-order chi connectivity index (χ1) is 11.3. The van der Waals surface area contributed by atoms with Crippen LogP contribution in [0.25, 0.3) is 0 Å². The van der Waals surface area contributed by atoms with E-state index >= 15 is 0 Å². The average molecular weight is 326 g/mol. The Labute approximate surface area is 141 Å². The highest BCUT2D eigenvalue weighted by Crippen LogP contribution is 2.27. The first-order valence-electron chi connectivity index (χ1n) is 7.89. The van der Waals surface area contributed by atoms with Crippen LogP contribution in [0.5, 0.6) is 0 Å². The van der Waals surface area contributed by atoms with Crippen LogP contribution >= 0.6 is 0 Å². The Kier molecular flexibility index (Phi) is 3.95. The molecule has 0 bridgehead atoms. The van der Waals surface area contributed by atoms with Gasteiger partial charge in [-0.3, -0.25) is 9.78 Å². The van der Waals surface area contributed by atoms with Gasteiger partial charge < -0.3 is 9.80 Å². The summed E-state index contributed by atoms with van der Waals surface area (Å²) in [5.41, 5.74) is 2.37. The molecule has 0 fully saturated rings. The number of fused-ring (bicyclic) bond motifs is 1. The quantitative estimate of drug-likeness (QED) is 0.837. The van der Waals surface area contributed by atoms with E-state index in [4.69, 9.17) is 4.98 Å². The molecule has 2 aromatic heterocycles. The van der Waals surface area contributed by atoms with Crippen molar-refractivity contribution >= 4 is 11.7 Å². The Bertz CT molecular complexity index is 781. The van der Waals surface area contributed by atoms with Gasteiger partial charge in [0.1, 0.15) is 17.3 Å². The Morgan fingerprint density at radius 2 is 1.88 bits per heavy atom. The summed E-state index contributed by atoms with van der Waals surface area (Å²) >= 11 is 0. The Balaban J connectivity index is 1.86. The van der Waals surface area contributed by atoms with Gasteiger partial charge in [-0.05, 0) is 0 Å². The van der Waals surface area contributed by atoms with Gasteiger partial charge in [-0.2, -0.15) is 0 Å². The normalized spacial score (nSPS) is 13.8. The number of nitrogens with zero attached hydrogens (tertiary/aromatic N) is 6. The fourth-order valence-corrected chi connectivity index (χ4v) is 2.52. The summed E-state index contributed by atoms with van der Waals surface area (Å²) in [5.74, 6) is 1.36. The second kappa shape index (κ2) is 5.81. The number of rotatable bonds is 2. The summed E-state index contributed by atoms with van der Waals surface area (Å²) in [6, 6.07) is 0. The second-order valence-corrected chi connectivity index (χ2v) is 7.23. The van der Waals surface area contributed by atoms with E-state index in [0.717, 1.165) is 17.1 Å². The molecule has 0 saturated carbocycles. The molecule has 0 radical (unpaired) electrons. The van der Waals surface area contributed by atoms with Gasteiger partial charge in [-0.1, -0.05) is 20.8 Å². The van der Waals surface area contributed by atoms with Crippen LogP contribution in [0.2, 0.25) is 0 Å². The van der Waals surface area contributed by atoms with E-state index in [1.807, 2.05) is 6.20 Å². The lowest BCUT2D eigenvalue weighted by Crippen LogP contribution is -2.24. The molecule has 1 aliphatic rings. The molecule has 7 heteroatoms. The van der Waals surface area contributed by atoms with E-state index in [-0.39, 0.29) is 11.3 Å². The third-order valence-electron chi connectivity index (χ3n) is 3.90. The average Bonchev–Trinajstić information content (AvgIpc) is 2.96. The third-order valence-corrected chi connectivity index (χ3v) is 3.90. The lowest BCUT2D eigenvalue weighted by Gasteiger charge is -2.17. The molecule has 0 spiro atoms. The molecule has 1 aliphatic heterocycles. The van der Waals surface area contributed by atoms with Crippen molar-refractivity contribution in [2.45, 2.75) is 39.3 Å². The highest BCUT2D eigenvalue weighted by atomic mass is 16.2. The number of carbonyl (C=O) groups is 1. The van der Waals surface area contributed by atoms with Crippen LogP contribution in [-0.4, -0.2) is 44.8 Å². The number of carbonyl (C=O) groups excluding carboxylic acids is 1. The Morgan fingerprint density at radius 3 is 2.54 bits per heavy atom. The van der Waals surface area contributed by atoms with Crippen LogP contribution in [-0.2, 0) is 18.5 Å². The lowest BCUT2D eigenvalue weighted by molar-refractivity contribution is 0.0821. The minimum absolute atomic E-state index is 0.0830.